The molecule has 1 saturated heterocycles. The zero-order valence-electron chi connectivity index (χ0n) is 10.6. The molecule has 0 aliphatic carbocycles. The van der Waals surface area contributed by atoms with Crippen LogP contribution in [0.4, 0.5) is 0 Å². The van der Waals surface area contributed by atoms with Crippen molar-refractivity contribution >= 4 is 0 Å². The Balaban J connectivity index is 2.15. The van der Waals surface area contributed by atoms with Gasteiger partial charge in [-0.15, -0.1) is 0 Å². The number of hydrogen-bond donors (Lipinski definition) is 1. The highest BCUT2D eigenvalue weighted by Crippen LogP contribution is 2.15. The monoisotopic (exact) mass is 213 g/mol. The first-order chi connectivity index (χ1) is 7.27. The van der Waals surface area contributed by atoms with E-state index in [9.17, 15) is 0 Å². The highest BCUT2D eigenvalue weighted by atomic mass is 16.5. The lowest BCUT2D eigenvalue weighted by atomic mass is 9.98. The Morgan fingerprint density at radius 1 is 1.40 bits per heavy atom. The standard InChI is InChI=1S/C13H27NO/c1-4-6-7-12(5-2)10-14-13-8-9-15-11(13)3/h11-14H,4-10H2,1-3H3/t11-,12-,13-/m0/s1. The molecule has 1 aliphatic heterocycles. The maximum absolute atomic E-state index is 5.55. The fourth-order valence-electron chi connectivity index (χ4n) is 2.26. The molecule has 0 aromatic carbocycles. The molecule has 15 heavy (non-hydrogen) atoms. The molecule has 1 aliphatic rings. The van der Waals surface area contributed by atoms with E-state index in [0.717, 1.165) is 12.5 Å². The van der Waals surface area contributed by atoms with E-state index in [0.29, 0.717) is 12.1 Å². The second-order valence-corrected chi connectivity index (χ2v) is 4.80. The molecule has 1 fully saturated rings. The van der Waals surface area contributed by atoms with Crippen molar-refractivity contribution < 1.29 is 4.74 Å². The Bertz CT molecular complexity index is 161. The average molecular weight is 213 g/mol. The molecule has 0 aromatic rings. The summed E-state index contributed by atoms with van der Waals surface area (Å²) in [6, 6.07) is 0.598. The molecule has 0 amide bonds. The minimum atomic E-state index is 0.411. The smallest absolute Gasteiger partial charge is 0.0700 e. The Labute approximate surface area is 94.8 Å². The van der Waals surface area contributed by atoms with Gasteiger partial charge in [-0.2, -0.15) is 0 Å². The molecule has 0 spiro atoms. The lowest BCUT2D eigenvalue weighted by Crippen LogP contribution is -2.37. The van der Waals surface area contributed by atoms with E-state index in [1.54, 1.807) is 0 Å². The van der Waals surface area contributed by atoms with Crippen molar-refractivity contribution in [3.63, 3.8) is 0 Å². The van der Waals surface area contributed by atoms with Crippen LogP contribution in [-0.2, 0) is 4.74 Å². The normalized spacial score (nSPS) is 28.2. The van der Waals surface area contributed by atoms with E-state index >= 15 is 0 Å². The van der Waals surface area contributed by atoms with Gasteiger partial charge in [0.25, 0.3) is 0 Å². The van der Waals surface area contributed by atoms with E-state index in [4.69, 9.17) is 4.74 Å². The number of ether oxygens (including phenoxy) is 1. The summed E-state index contributed by atoms with van der Waals surface area (Å²) >= 11 is 0. The maximum atomic E-state index is 5.55. The summed E-state index contributed by atoms with van der Waals surface area (Å²) in [7, 11) is 0. The van der Waals surface area contributed by atoms with Gasteiger partial charge in [-0.05, 0) is 32.2 Å². The first kappa shape index (κ1) is 13.0. The van der Waals surface area contributed by atoms with Crippen LogP contribution in [0, 0.1) is 5.92 Å². The summed E-state index contributed by atoms with van der Waals surface area (Å²) in [5.74, 6) is 0.859. The van der Waals surface area contributed by atoms with Crippen molar-refractivity contribution in [1.82, 2.24) is 5.32 Å². The first-order valence-corrected chi connectivity index (χ1v) is 6.62. The third kappa shape index (κ3) is 4.52. The molecule has 2 heteroatoms. The second kappa shape index (κ2) is 7.24. The van der Waals surface area contributed by atoms with Gasteiger partial charge in [0.05, 0.1) is 6.10 Å². The molecular formula is C13H27NO. The Kier molecular flexibility index (Phi) is 6.26. The summed E-state index contributed by atoms with van der Waals surface area (Å²) in [6.45, 7) is 8.86. The topological polar surface area (TPSA) is 21.3 Å². The summed E-state index contributed by atoms with van der Waals surface area (Å²) in [5.41, 5.74) is 0. The van der Waals surface area contributed by atoms with Crippen molar-refractivity contribution in [1.29, 1.82) is 0 Å². The lowest BCUT2D eigenvalue weighted by molar-refractivity contribution is 0.112. The zero-order valence-corrected chi connectivity index (χ0v) is 10.6. The van der Waals surface area contributed by atoms with Crippen LogP contribution < -0.4 is 5.32 Å². The van der Waals surface area contributed by atoms with Crippen LogP contribution >= 0.6 is 0 Å². The summed E-state index contributed by atoms with van der Waals surface area (Å²) < 4.78 is 5.55. The van der Waals surface area contributed by atoms with Crippen molar-refractivity contribution in [3.8, 4) is 0 Å². The highest BCUT2D eigenvalue weighted by Gasteiger charge is 2.23. The van der Waals surface area contributed by atoms with Crippen molar-refractivity contribution in [2.75, 3.05) is 13.2 Å². The second-order valence-electron chi connectivity index (χ2n) is 4.80. The zero-order chi connectivity index (χ0) is 11.1. The van der Waals surface area contributed by atoms with Crippen LogP contribution in [0.15, 0.2) is 0 Å². The summed E-state index contributed by atoms with van der Waals surface area (Å²) in [4.78, 5) is 0. The summed E-state index contributed by atoms with van der Waals surface area (Å²) in [6.07, 6.45) is 6.97. The third-order valence-corrected chi connectivity index (χ3v) is 3.59. The van der Waals surface area contributed by atoms with E-state index < -0.39 is 0 Å². The van der Waals surface area contributed by atoms with Crippen LogP contribution in [0.25, 0.3) is 0 Å². The largest absolute Gasteiger partial charge is 0.377 e. The fourth-order valence-corrected chi connectivity index (χ4v) is 2.26. The predicted octanol–water partition coefficient (Wildman–Crippen LogP) is 2.97. The summed E-state index contributed by atoms with van der Waals surface area (Å²) in [5, 5.41) is 3.67. The SMILES string of the molecule is CCCC[C@H](CC)CN[C@H]1CCO[C@H]1C. The molecule has 1 heterocycles. The number of rotatable bonds is 7. The average Bonchev–Trinajstić information content (AvgIpc) is 2.65. The predicted molar refractivity (Wildman–Crippen MR) is 65.1 cm³/mol. The quantitative estimate of drug-likeness (QED) is 0.702. The van der Waals surface area contributed by atoms with Gasteiger partial charge in [-0.25, -0.2) is 0 Å². The Hall–Kier alpha value is -0.0800. The van der Waals surface area contributed by atoms with Gasteiger partial charge in [0.1, 0.15) is 0 Å². The van der Waals surface area contributed by atoms with Gasteiger partial charge in [0.2, 0.25) is 0 Å². The van der Waals surface area contributed by atoms with Gasteiger partial charge in [-0.1, -0.05) is 33.1 Å². The molecule has 3 atom stereocenters. The fraction of sp³-hybridized carbons (Fsp3) is 1.00. The Morgan fingerprint density at radius 3 is 2.73 bits per heavy atom. The minimum absolute atomic E-state index is 0.411. The van der Waals surface area contributed by atoms with Gasteiger partial charge < -0.3 is 10.1 Å². The maximum Gasteiger partial charge on any atom is 0.0700 e. The van der Waals surface area contributed by atoms with Crippen LogP contribution in [0.2, 0.25) is 0 Å². The van der Waals surface area contributed by atoms with E-state index in [1.165, 1.54) is 38.6 Å². The van der Waals surface area contributed by atoms with E-state index in [2.05, 4.69) is 26.1 Å². The van der Waals surface area contributed by atoms with Gasteiger partial charge in [-0.3, -0.25) is 0 Å². The van der Waals surface area contributed by atoms with Gasteiger partial charge >= 0.3 is 0 Å². The molecule has 1 rings (SSSR count). The number of nitrogens with one attached hydrogen (secondary N) is 1. The third-order valence-electron chi connectivity index (χ3n) is 3.59. The van der Waals surface area contributed by atoms with Gasteiger partial charge in [0, 0.05) is 12.6 Å². The molecule has 2 nitrogen and oxygen atoms in total. The first-order valence-electron chi connectivity index (χ1n) is 6.62. The molecule has 0 unspecified atom stereocenters. The van der Waals surface area contributed by atoms with E-state index in [1.807, 2.05) is 0 Å². The molecule has 1 N–H and O–H groups in total. The van der Waals surface area contributed by atoms with E-state index in [-0.39, 0.29) is 0 Å². The minimum Gasteiger partial charge on any atom is -0.377 e. The Morgan fingerprint density at radius 2 is 2.20 bits per heavy atom. The highest BCUT2D eigenvalue weighted by molar-refractivity contribution is 4.79. The van der Waals surface area contributed by atoms with Crippen molar-refractivity contribution in [2.24, 2.45) is 5.92 Å². The number of hydrogen-bond acceptors (Lipinski definition) is 2. The lowest BCUT2D eigenvalue weighted by Gasteiger charge is -2.20. The molecule has 0 aromatic heterocycles. The van der Waals surface area contributed by atoms with Crippen molar-refractivity contribution in [2.45, 2.75) is 65.0 Å². The molecule has 90 valence electrons. The molecular weight excluding hydrogens is 186 g/mol. The molecule has 0 radical (unpaired) electrons. The van der Waals surface area contributed by atoms with Crippen LogP contribution in [-0.4, -0.2) is 25.3 Å². The van der Waals surface area contributed by atoms with Crippen LogP contribution in [0.3, 0.4) is 0 Å². The molecule has 0 saturated carbocycles. The van der Waals surface area contributed by atoms with Crippen LogP contribution in [0.5, 0.6) is 0 Å². The van der Waals surface area contributed by atoms with Crippen molar-refractivity contribution in [3.05, 3.63) is 0 Å². The number of unbranched alkanes of at least 4 members (excludes halogenated alkanes) is 1. The van der Waals surface area contributed by atoms with Gasteiger partial charge in [0.15, 0.2) is 0 Å². The van der Waals surface area contributed by atoms with Crippen LogP contribution in [0.1, 0.15) is 52.9 Å². The molecule has 0 bridgehead atoms.